The van der Waals surface area contributed by atoms with Gasteiger partial charge in [0.05, 0.1) is 11.9 Å². The van der Waals surface area contributed by atoms with E-state index in [1.807, 2.05) is 17.0 Å². The number of H-pyrrole nitrogens is 1. The number of halogens is 2. The average molecular weight is 469 g/mol. The molecule has 5 rings (SSSR count). The van der Waals surface area contributed by atoms with Gasteiger partial charge in [0.2, 0.25) is 5.95 Å². The van der Waals surface area contributed by atoms with E-state index in [-0.39, 0.29) is 29.3 Å². The lowest BCUT2D eigenvalue weighted by molar-refractivity contribution is 0.387. The van der Waals surface area contributed by atoms with Crippen molar-refractivity contribution in [2.24, 2.45) is 0 Å². The number of hydrogen-bond acceptors (Lipinski definition) is 7. The number of benzene rings is 1. The number of aromatic amines is 1. The Bertz CT molecular complexity index is 1220. The molecule has 0 saturated heterocycles. The van der Waals surface area contributed by atoms with E-state index in [2.05, 4.69) is 27.1 Å². The highest BCUT2D eigenvalue weighted by Crippen LogP contribution is 2.40. The molecule has 1 aliphatic heterocycles. The summed E-state index contributed by atoms with van der Waals surface area (Å²) in [6, 6.07) is 5.93. The maximum absolute atomic E-state index is 13.8. The van der Waals surface area contributed by atoms with Gasteiger partial charge in [-0.25, -0.2) is 8.78 Å². The van der Waals surface area contributed by atoms with Gasteiger partial charge in [0, 0.05) is 42.6 Å². The maximum Gasteiger partial charge on any atom is 0.278 e. The van der Waals surface area contributed by atoms with Crippen LogP contribution in [0.25, 0.3) is 0 Å². The van der Waals surface area contributed by atoms with Crippen LogP contribution in [-0.4, -0.2) is 38.7 Å². The van der Waals surface area contributed by atoms with Crippen LogP contribution in [-0.2, 0) is 0 Å². The standard InChI is InChI=1S/C24H26F2N6O2/c1-14-13-31(17-8-5-9-27-12-17)20-22(32(14)16-6-3-2-4-7-16)29-24(30-23(20)34)28-15-10-18(25)21(33)19(26)11-15/h5,8-12,14,16,33H,2-4,6-7,13H2,1H3,(H2,28,29,30,34)/t14-/m1/s1. The summed E-state index contributed by atoms with van der Waals surface area (Å²) in [7, 11) is 0. The molecule has 1 fully saturated rings. The topological polar surface area (TPSA) is 97.4 Å². The molecule has 2 aromatic heterocycles. The van der Waals surface area contributed by atoms with Gasteiger partial charge in [-0.1, -0.05) is 19.3 Å². The second-order valence-electron chi connectivity index (χ2n) is 8.87. The SMILES string of the molecule is C[C@@H]1CN(c2cccnc2)c2c(nc(Nc3cc(F)c(O)c(F)c3)[nH]c2=O)N1C1CCCCC1. The Kier molecular flexibility index (Phi) is 5.80. The highest BCUT2D eigenvalue weighted by molar-refractivity contribution is 5.78. The van der Waals surface area contributed by atoms with Crippen LogP contribution in [0.15, 0.2) is 41.5 Å². The number of phenolic OH excluding ortho intramolecular Hbond substituents is 1. The Morgan fingerprint density at radius 1 is 1.18 bits per heavy atom. The number of aromatic nitrogens is 3. The maximum atomic E-state index is 13.8. The van der Waals surface area contributed by atoms with E-state index in [4.69, 9.17) is 4.98 Å². The summed E-state index contributed by atoms with van der Waals surface area (Å²) in [6.07, 6.45) is 8.86. The molecule has 0 unspecified atom stereocenters. The van der Waals surface area contributed by atoms with Gasteiger partial charge in [-0.2, -0.15) is 4.98 Å². The number of fused-ring (bicyclic) bond motifs is 1. The number of rotatable bonds is 4. The van der Waals surface area contributed by atoms with Gasteiger partial charge in [0.25, 0.3) is 5.56 Å². The van der Waals surface area contributed by atoms with Crippen LogP contribution >= 0.6 is 0 Å². The lowest BCUT2D eigenvalue weighted by Crippen LogP contribution is -2.53. The molecule has 10 heteroatoms. The minimum absolute atomic E-state index is 0.0214. The van der Waals surface area contributed by atoms with Crippen LogP contribution in [0, 0.1) is 11.6 Å². The van der Waals surface area contributed by atoms with Crippen molar-refractivity contribution in [2.75, 3.05) is 21.7 Å². The normalized spacial score (nSPS) is 18.6. The molecular formula is C24H26F2N6O2. The molecule has 1 saturated carbocycles. The molecule has 0 amide bonds. The van der Waals surface area contributed by atoms with Crippen molar-refractivity contribution >= 4 is 28.8 Å². The minimum Gasteiger partial charge on any atom is -0.503 e. The fourth-order valence-corrected chi connectivity index (χ4v) is 5.00. The van der Waals surface area contributed by atoms with Gasteiger partial charge in [0.15, 0.2) is 28.9 Å². The number of hydrogen-bond donors (Lipinski definition) is 3. The Labute approximate surface area is 195 Å². The fraction of sp³-hybridized carbons (Fsp3) is 0.375. The third-order valence-electron chi connectivity index (χ3n) is 6.52. The van der Waals surface area contributed by atoms with E-state index >= 15 is 0 Å². The minimum atomic E-state index is -1.11. The van der Waals surface area contributed by atoms with Crippen LogP contribution < -0.4 is 20.7 Å². The van der Waals surface area contributed by atoms with E-state index in [1.54, 1.807) is 12.4 Å². The quantitative estimate of drug-likeness (QED) is 0.483. The molecule has 1 atom stereocenters. The van der Waals surface area contributed by atoms with E-state index < -0.39 is 17.4 Å². The zero-order valence-corrected chi connectivity index (χ0v) is 18.8. The second-order valence-corrected chi connectivity index (χ2v) is 8.87. The van der Waals surface area contributed by atoms with Crippen molar-refractivity contribution in [1.29, 1.82) is 0 Å². The first-order valence-electron chi connectivity index (χ1n) is 11.5. The molecule has 1 aliphatic carbocycles. The first kappa shape index (κ1) is 22.1. The smallest absolute Gasteiger partial charge is 0.278 e. The summed E-state index contributed by atoms with van der Waals surface area (Å²) in [5.41, 5.74) is 0.858. The largest absolute Gasteiger partial charge is 0.503 e. The number of nitrogens with zero attached hydrogens (tertiary/aromatic N) is 4. The summed E-state index contributed by atoms with van der Waals surface area (Å²) in [5, 5.41) is 12.2. The molecule has 0 radical (unpaired) electrons. The van der Waals surface area contributed by atoms with Crippen molar-refractivity contribution in [3.05, 3.63) is 58.6 Å². The predicted molar refractivity (Wildman–Crippen MR) is 126 cm³/mol. The summed E-state index contributed by atoms with van der Waals surface area (Å²) >= 11 is 0. The van der Waals surface area contributed by atoms with Crippen LogP contribution in [0.2, 0.25) is 0 Å². The monoisotopic (exact) mass is 468 g/mol. The fourth-order valence-electron chi connectivity index (χ4n) is 5.00. The molecule has 3 heterocycles. The van der Waals surface area contributed by atoms with E-state index in [1.165, 1.54) is 6.42 Å². The Morgan fingerprint density at radius 2 is 1.91 bits per heavy atom. The summed E-state index contributed by atoms with van der Waals surface area (Å²) in [5.74, 6) is -2.68. The van der Waals surface area contributed by atoms with E-state index in [0.717, 1.165) is 43.5 Å². The molecule has 178 valence electrons. The lowest BCUT2D eigenvalue weighted by atomic mass is 9.92. The number of aromatic hydroxyl groups is 1. The van der Waals surface area contributed by atoms with E-state index in [9.17, 15) is 18.7 Å². The Morgan fingerprint density at radius 3 is 2.59 bits per heavy atom. The summed E-state index contributed by atoms with van der Waals surface area (Å²) in [4.78, 5) is 29.1. The van der Waals surface area contributed by atoms with Crippen LogP contribution in [0.5, 0.6) is 5.75 Å². The molecule has 0 spiro atoms. The van der Waals surface area contributed by atoms with Crippen LogP contribution in [0.4, 0.5) is 37.6 Å². The summed E-state index contributed by atoms with van der Waals surface area (Å²) < 4.78 is 27.7. The van der Waals surface area contributed by atoms with Gasteiger partial charge in [0.1, 0.15) is 0 Å². The van der Waals surface area contributed by atoms with Crippen molar-refractivity contribution in [3.8, 4) is 5.75 Å². The number of phenols is 1. The zero-order valence-electron chi connectivity index (χ0n) is 18.8. The van der Waals surface area contributed by atoms with Gasteiger partial charge in [-0.3, -0.25) is 14.8 Å². The Balaban J connectivity index is 1.61. The van der Waals surface area contributed by atoms with Crippen molar-refractivity contribution < 1.29 is 13.9 Å². The van der Waals surface area contributed by atoms with Crippen molar-refractivity contribution in [1.82, 2.24) is 15.0 Å². The highest BCUT2D eigenvalue weighted by atomic mass is 19.1. The molecule has 8 nitrogen and oxygen atoms in total. The third-order valence-corrected chi connectivity index (χ3v) is 6.52. The Hall–Kier alpha value is -3.69. The van der Waals surface area contributed by atoms with E-state index in [0.29, 0.717) is 18.1 Å². The molecule has 0 bridgehead atoms. The van der Waals surface area contributed by atoms with Gasteiger partial charge >= 0.3 is 0 Å². The molecule has 2 aliphatic rings. The molecule has 3 aromatic rings. The summed E-state index contributed by atoms with van der Waals surface area (Å²) in [6.45, 7) is 2.71. The molecular weight excluding hydrogens is 442 g/mol. The molecule has 34 heavy (non-hydrogen) atoms. The van der Waals surface area contributed by atoms with Crippen LogP contribution in [0.3, 0.4) is 0 Å². The molecule has 3 N–H and O–H groups in total. The first-order valence-corrected chi connectivity index (χ1v) is 11.5. The number of pyridine rings is 1. The first-order chi connectivity index (χ1) is 16.4. The average Bonchev–Trinajstić information content (AvgIpc) is 2.83. The van der Waals surface area contributed by atoms with Gasteiger partial charge < -0.3 is 20.2 Å². The molecule has 1 aromatic carbocycles. The lowest BCUT2D eigenvalue weighted by Gasteiger charge is -2.46. The predicted octanol–water partition coefficient (Wildman–Crippen LogP) is 4.57. The van der Waals surface area contributed by atoms with Gasteiger partial charge in [-0.05, 0) is 31.9 Å². The number of nitrogens with one attached hydrogen (secondary N) is 2. The van der Waals surface area contributed by atoms with Gasteiger partial charge in [-0.15, -0.1) is 0 Å². The van der Waals surface area contributed by atoms with Crippen LogP contribution in [0.1, 0.15) is 39.0 Å². The van der Waals surface area contributed by atoms with Crippen molar-refractivity contribution in [2.45, 2.75) is 51.1 Å². The second kappa shape index (κ2) is 8.92. The highest BCUT2D eigenvalue weighted by Gasteiger charge is 2.37. The number of anilines is 5. The zero-order chi connectivity index (χ0) is 23.8. The van der Waals surface area contributed by atoms with Crippen molar-refractivity contribution in [3.63, 3.8) is 0 Å². The third kappa shape index (κ3) is 4.04.